The van der Waals surface area contributed by atoms with E-state index in [1.807, 2.05) is 12.1 Å². The summed E-state index contributed by atoms with van der Waals surface area (Å²) in [7, 11) is 0. The van der Waals surface area contributed by atoms with Crippen LogP contribution in [0.15, 0.2) is 164 Å². The second-order valence-corrected chi connectivity index (χ2v) is 16.2. The predicted molar refractivity (Wildman–Crippen MR) is 228 cm³/mol. The van der Waals surface area contributed by atoms with Gasteiger partial charge in [0.2, 0.25) is 0 Å². The van der Waals surface area contributed by atoms with E-state index in [-0.39, 0.29) is 10.8 Å². The zero-order valence-corrected chi connectivity index (χ0v) is 31.4. The molecule has 0 saturated carbocycles. The van der Waals surface area contributed by atoms with Crippen LogP contribution in [0.3, 0.4) is 0 Å². The van der Waals surface area contributed by atoms with E-state index >= 15 is 0 Å². The molecular weight excluding hydrogens is 667 g/mol. The molecule has 2 aromatic heterocycles. The molecule has 0 atom stereocenters. The van der Waals surface area contributed by atoms with E-state index in [0.29, 0.717) is 5.82 Å². The molecule has 262 valence electrons. The number of rotatable bonds is 4. The predicted octanol–water partition coefficient (Wildman–Crippen LogP) is 13.2. The second kappa shape index (κ2) is 11.5. The average molecular weight is 706 g/mol. The second-order valence-electron chi connectivity index (χ2n) is 16.2. The van der Waals surface area contributed by atoms with Gasteiger partial charge in [-0.15, -0.1) is 0 Å². The summed E-state index contributed by atoms with van der Waals surface area (Å²) in [5.41, 5.74) is 19.2. The van der Waals surface area contributed by atoms with Crippen LogP contribution in [0.1, 0.15) is 49.9 Å². The van der Waals surface area contributed by atoms with Crippen molar-refractivity contribution in [2.45, 2.75) is 38.5 Å². The maximum atomic E-state index is 5.12. The zero-order valence-electron chi connectivity index (χ0n) is 31.4. The molecular formula is C52H39N3. The lowest BCUT2D eigenvalue weighted by Crippen LogP contribution is -2.15. The lowest BCUT2D eigenvalue weighted by atomic mass is 9.82. The molecule has 0 N–H and O–H groups in total. The smallest absolute Gasteiger partial charge is 0.160 e. The summed E-state index contributed by atoms with van der Waals surface area (Å²) in [6, 6.07) is 59.5. The van der Waals surface area contributed by atoms with Crippen LogP contribution in [0.2, 0.25) is 0 Å². The Bertz CT molecular complexity index is 2830. The Kier molecular flexibility index (Phi) is 6.65. The summed E-state index contributed by atoms with van der Waals surface area (Å²) >= 11 is 0. The number of fused-ring (bicyclic) bond motifs is 9. The van der Waals surface area contributed by atoms with Crippen LogP contribution in [0.4, 0.5) is 0 Å². The van der Waals surface area contributed by atoms with Crippen LogP contribution in [-0.4, -0.2) is 14.5 Å². The monoisotopic (exact) mass is 705 g/mol. The van der Waals surface area contributed by atoms with Crippen molar-refractivity contribution in [1.29, 1.82) is 0 Å². The van der Waals surface area contributed by atoms with Crippen LogP contribution in [0.25, 0.3) is 83.6 Å². The standard InChI is InChI=1S/C52H39N3/c1-51(2)42-21-13-11-19-36(42)38-27-40-41-28-39-37-20-12-14-22-43(37)52(3,4)45(39)30-49(41)55(48(40)29-44(38)51)35-25-23-34(24-26-35)50-53-46(32-15-7-5-8-16-32)31-47(54-50)33-17-9-6-10-18-33/h5-31H,1-4H3. The van der Waals surface area contributed by atoms with Gasteiger partial charge in [0.25, 0.3) is 0 Å². The van der Waals surface area contributed by atoms with E-state index in [1.165, 1.54) is 66.3 Å². The molecule has 0 fully saturated rings. The molecule has 2 aliphatic carbocycles. The molecule has 2 heterocycles. The van der Waals surface area contributed by atoms with E-state index < -0.39 is 0 Å². The molecule has 0 amide bonds. The van der Waals surface area contributed by atoms with Gasteiger partial charge in [0, 0.05) is 44.0 Å². The number of aromatic nitrogens is 3. The van der Waals surface area contributed by atoms with Gasteiger partial charge < -0.3 is 4.57 Å². The van der Waals surface area contributed by atoms with Crippen molar-refractivity contribution < 1.29 is 0 Å². The van der Waals surface area contributed by atoms with E-state index in [1.54, 1.807) is 0 Å². The lowest BCUT2D eigenvalue weighted by Gasteiger charge is -2.22. The number of benzene rings is 7. The summed E-state index contributed by atoms with van der Waals surface area (Å²) in [6.45, 7) is 9.47. The Morgan fingerprint density at radius 2 is 0.818 bits per heavy atom. The third-order valence-corrected chi connectivity index (χ3v) is 12.4. The fourth-order valence-electron chi connectivity index (χ4n) is 9.53. The first kappa shape index (κ1) is 31.9. The summed E-state index contributed by atoms with van der Waals surface area (Å²) in [6.07, 6.45) is 0. The Labute approximate surface area is 321 Å². The Balaban J connectivity index is 1.13. The molecule has 0 bridgehead atoms. The van der Waals surface area contributed by atoms with Crippen molar-refractivity contribution in [1.82, 2.24) is 14.5 Å². The molecule has 11 rings (SSSR count). The zero-order chi connectivity index (χ0) is 37.1. The molecule has 0 saturated heterocycles. The van der Waals surface area contributed by atoms with Gasteiger partial charge in [-0.25, -0.2) is 9.97 Å². The number of nitrogens with zero attached hydrogens (tertiary/aromatic N) is 3. The van der Waals surface area contributed by atoms with Crippen LogP contribution in [0.5, 0.6) is 0 Å². The van der Waals surface area contributed by atoms with Gasteiger partial charge >= 0.3 is 0 Å². The normalized spacial score (nSPS) is 14.5. The maximum Gasteiger partial charge on any atom is 0.160 e. The fraction of sp³-hybridized carbons (Fsp3) is 0.115. The van der Waals surface area contributed by atoms with E-state index in [2.05, 4.69) is 184 Å². The minimum absolute atomic E-state index is 0.106. The quantitative estimate of drug-likeness (QED) is 0.182. The molecule has 3 heteroatoms. The Morgan fingerprint density at radius 3 is 1.29 bits per heavy atom. The number of hydrogen-bond donors (Lipinski definition) is 0. The van der Waals surface area contributed by atoms with Gasteiger partial charge in [-0.2, -0.15) is 0 Å². The third kappa shape index (κ3) is 4.63. The third-order valence-electron chi connectivity index (χ3n) is 12.4. The Morgan fingerprint density at radius 1 is 0.382 bits per heavy atom. The van der Waals surface area contributed by atoms with Crippen molar-refractivity contribution in [2.75, 3.05) is 0 Å². The molecule has 2 aliphatic rings. The molecule has 9 aromatic rings. The van der Waals surface area contributed by atoms with E-state index in [0.717, 1.165) is 33.8 Å². The van der Waals surface area contributed by atoms with Gasteiger partial charge in [0.15, 0.2) is 5.82 Å². The van der Waals surface area contributed by atoms with Crippen LogP contribution in [0, 0.1) is 0 Å². The van der Waals surface area contributed by atoms with Crippen LogP contribution in [-0.2, 0) is 10.8 Å². The largest absolute Gasteiger partial charge is 0.309 e. The summed E-state index contributed by atoms with van der Waals surface area (Å²) < 4.78 is 2.49. The summed E-state index contributed by atoms with van der Waals surface area (Å²) in [4.78, 5) is 10.2. The van der Waals surface area contributed by atoms with Gasteiger partial charge in [-0.1, -0.05) is 137 Å². The first-order valence-corrected chi connectivity index (χ1v) is 19.2. The van der Waals surface area contributed by atoms with Gasteiger partial charge in [-0.3, -0.25) is 0 Å². The fourth-order valence-corrected chi connectivity index (χ4v) is 9.53. The van der Waals surface area contributed by atoms with Crippen molar-refractivity contribution in [3.8, 4) is 61.8 Å². The van der Waals surface area contributed by atoms with Crippen molar-refractivity contribution in [3.63, 3.8) is 0 Å². The Hall–Kier alpha value is -6.58. The van der Waals surface area contributed by atoms with E-state index in [4.69, 9.17) is 9.97 Å². The minimum atomic E-state index is -0.106. The molecule has 3 nitrogen and oxygen atoms in total. The molecule has 55 heavy (non-hydrogen) atoms. The van der Waals surface area contributed by atoms with E-state index in [9.17, 15) is 0 Å². The van der Waals surface area contributed by atoms with Gasteiger partial charge in [0.05, 0.1) is 22.4 Å². The first-order valence-electron chi connectivity index (χ1n) is 19.2. The maximum absolute atomic E-state index is 5.12. The topological polar surface area (TPSA) is 30.7 Å². The molecule has 0 spiro atoms. The molecule has 0 aliphatic heterocycles. The SMILES string of the molecule is CC1(C)c2ccccc2-c2cc3c4cc5c(cc4n(-c4ccc(-c6nc(-c7ccccc7)cc(-c7ccccc7)n6)cc4)c3cc21)C(C)(C)c1ccccc1-5. The summed E-state index contributed by atoms with van der Waals surface area (Å²) in [5, 5.41) is 2.56. The highest BCUT2D eigenvalue weighted by Crippen LogP contribution is 2.54. The molecule has 0 radical (unpaired) electrons. The van der Waals surface area contributed by atoms with Crippen molar-refractivity contribution >= 4 is 21.8 Å². The lowest BCUT2D eigenvalue weighted by molar-refractivity contribution is 0.660. The van der Waals surface area contributed by atoms with Gasteiger partial charge in [0.1, 0.15) is 0 Å². The molecule has 7 aromatic carbocycles. The van der Waals surface area contributed by atoms with Crippen LogP contribution >= 0.6 is 0 Å². The first-order chi connectivity index (χ1) is 26.8. The average Bonchev–Trinajstić information content (AvgIpc) is 3.76. The highest BCUT2D eigenvalue weighted by atomic mass is 15.0. The minimum Gasteiger partial charge on any atom is -0.309 e. The van der Waals surface area contributed by atoms with Crippen molar-refractivity contribution in [2.24, 2.45) is 0 Å². The van der Waals surface area contributed by atoms with Crippen LogP contribution < -0.4 is 0 Å². The molecule has 0 unspecified atom stereocenters. The highest BCUT2D eigenvalue weighted by molar-refractivity contribution is 6.13. The van der Waals surface area contributed by atoms with Crippen molar-refractivity contribution in [3.05, 3.63) is 186 Å². The van der Waals surface area contributed by atoms with Gasteiger partial charge in [-0.05, 0) is 99.1 Å². The number of hydrogen-bond acceptors (Lipinski definition) is 2. The highest BCUT2D eigenvalue weighted by Gasteiger charge is 2.38. The summed E-state index contributed by atoms with van der Waals surface area (Å²) in [5.74, 6) is 0.712.